The monoisotopic (exact) mass is 284 g/mol. The normalized spacial score (nSPS) is 23.1. The van der Waals surface area contributed by atoms with Gasteiger partial charge in [0.1, 0.15) is 6.04 Å². The lowest BCUT2D eigenvalue weighted by Gasteiger charge is -2.23. The Morgan fingerprint density at radius 3 is 2.74 bits per heavy atom. The fraction of sp³-hybridized carbons (Fsp3) is 0.636. The molecule has 0 aromatic carbocycles. The predicted octanol–water partition coefficient (Wildman–Crippen LogP) is 0.847. The Morgan fingerprint density at radius 1 is 1.53 bits per heavy atom. The van der Waals surface area contributed by atoms with Gasteiger partial charge in [-0.3, -0.25) is 4.79 Å². The molecule has 7 nitrogen and oxygen atoms in total. The molecule has 1 aromatic heterocycles. The van der Waals surface area contributed by atoms with Crippen molar-refractivity contribution in [3.63, 3.8) is 0 Å². The minimum absolute atomic E-state index is 0.0576. The zero-order valence-corrected chi connectivity index (χ0v) is 11.8. The van der Waals surface area contributed by atoms with E-state index in [0.29, 0.717) is 5.75 Å². The van der Waals surface area contributed by atoms with E-state index in [1.54, 1.807) is 0 Å². The van der Waals surface area contributed by atoms with Gasteiger partial charge in [-0.15, -0.1) is 16.9 Å². The number of hydrogen-bond acceptors (Lipinski definition) is 5. The quantitative estimate of drug-likeness (QED) is 0.885. The number of rotatable bonds is 3. The summed E-state index contributed by atoms with van der Waals surface area (Å²) in [5.74, 6) is -0.959. The van der Waals surface area contributed by atoms with Gasteiger partial charge in [-0.2, -0.15) is 9.90 Å². The van der Waals surface area contributed by atoms with Gasteiger partial charge >= 0.3 is 5.97 Å². The summed E-state index contributed by atoms with van der Waals surface area (Å²) in [5.41, 5.74) is 0.189. The summed E-state index contributed by atoms with van der Waals surface area (Å²) >= 11 is 1.45. The molecule has 104 valence electrons. The van der Waals surface area contributed by atoms with Gasteiger partial charge in [0.15, 0.2) is 5.69 Å². The molecule has 0 bridgehead atoms. The van der Waals surface area contributed by atoms with Crippen LogP contribution >= 0.6 is 11.8 Å². The highest BCUT2D eigenvalue weighted by molar-refractivity contribution is 8.00. The van der Waals surface area contributed by atoms with Gasteiger partial charge < -0.3 is 10.0 Å². The van der Waals surface area contributed by atoms with Crippen LogP contribution in [0.3, 0.4) is 0 Å². The van der Waals surface area contributed by atoms with E-state index in [1.165, 1.54) is 27.7 Å². The van der Waals surface area contributed by atoms with Crippen LogP contribution in [-0.2, 0) is 4.79 Å². The van der Waals surface area contributed by atoms with Gasteiger partial charge in [0, 0.05) is 5.75 Å². The Balaban J connectivity index is 2.24. The zero-order chi connectivity index (χ0) is 14.2. The first kappa shape index (κ1) is 13.9. The molecule has 1 amide bonds. The fourth-order valence-corrected chi connectivity index (χ4v) is 3.06. The lowest BCUT2D eigenvalue weighted by Crippen LogP contribution is -2.45. The average Bonchev–Trinajstić information content (AvgIpc) is 2.94. The topological polar surface area (TPSA) is 88.3 Å². The van der Waals surface area contributed by atoms with Crippen molar-refractivity contribution in [2.45, 2.75) is 38.2 Å². The number of hydrogen-bond donors (Lipinski definition) is 1. The molecular formula is C11H16N4O3S. The van der Waals surface area contributed by atoms with Gasteiger partial charge in [-0.25, -0.2) is 4.79 Å². The molecule has 1 aliphatic rings. The second kappa shape index (κ2) is 5.20. The Hall–Kier alpha value is -1.57. The Morgan fingerprint density at radius 2 is 2.21 bits per heavy atom. The summed E-state index contributed by atoms with van der Waals surface area (Å²) in [4.78, 5) is 26.3. The molecule has 2 atom stereocenters. The van der Waals surface area contributed by atoms with E-state index in [0.717, 1.165) is 0 Å². The first-order chi connectivity index (χ1) is 8.91. The number of nitrogens with zero attached hydrogens (tertiary/aromatic N) is 4. The van der Waals surface area contributed by atoms with Gasteiger partial charge in [0.25, 0.3) is 5.91 Å². The number of amides is 1. The molecule has 0 spiro atoms. The molecule has 2 unspecified atom stereocenters. The highest BCUT2D eigenvalue weighted by Gasteiger charge is 2.40. The molecule has 2 heterocycles. The third-order valence-electron chi connectivity index (χ3n) is 2.93. The van der Waals surface area contributed by atoms with E-state index in [9.17, 15) is 9.59 Å². The van der Waals surface area contributed by atoms with Crippen LogP contribution in [0.5, 0.6) is 0 Å². The highest BCUT2D eigenvalue weighted by atomic mass is 32.2. The van der Waals surface area contributed by atoms with E-state index in [1.807, 2.05) is 20.8 Å². The predicted molar refractivity (Wildman–Crippen MR) is 69.9 cm³/mol. The van der Waals surface area contributed by atoms with Crippen molar-refractivity contribution in [2.75, 3.05) is 5.75 Å². The van der Waals surface area contributed by atoms with Crippen LogP contribution in [0.25, 0.3) is 0 Å². The molecule has 1 fully saturated rings. The van der Waals surface area contributed by atoms with E-state index in [2.05, 4.69) is 10.2 Å². The molecule has 1 saturated heterocycles. The van der Waals surface area contributed by atoms with Crippen molar-refractivity contribution in [1.82, 2.24) is 19.9 Å². The Bertz CT molecular complexity index is 502. The van der Waals surface area contributed by atoms with E-state index < -0.39 is 12.0 Å². The van der Waals surface area contributed by atoms with Gasteiger partial charge in [0.05, 0.1) is 17.6 Å². The van der Waals surface area contributed by atoms with Gasteiger partial charge in [-0.1, -0.05) is 0 Å². The summed E-state index contributed by atoms with van der Waals surface area (Å²) < 4.78 is 0. The van der Waals surface area contributed by atoms with E-state index in [4.69, 9.17) is 5.11 Å². The number of carboxylic acid groups (broad SMARTS) is 1. The lowest BCUT2D eigenvalue weighted by atomic mass is 10.2. The standard InChI is InChI=1S/C11H16N4O3S/c1-6(2)15-12-4-8(13-15)10(16)14-7(3)19-5-9(14)11(17)18/h4,6-7,9H,5H2,1-3H3,(H,17,18). The molecule has 19 heavy (non-hydrogen) atoms. The first-order valence-electron chi connectivity index (χ1n) is 6.00. The zero-order valence-electron chi connectivity index (χ0n) is 11.0. The molecule has 1 N–H and O–H groups in total. The van der Waals surface area contributed by atoms with Gasteiger partial charge in [0.2, 0.25) is 0 Å². The third-order valence-corrected chi connectivity index (χ3v) is 4.15. The van der Waals surface area contributed by atoms with Crippen LogP contribution < -0.4 is 0 Å². The smallest absolute Gasteiger partial charge is 0.327 e. The molecule has 1 aromatic rings. The van der Waals surface area contributed by atoms with E-state index in [-0.39, 0.29) is 23.0 Å². The molecule has 2 rings (SSSR count). The van der Waals surface area contributed by atoms with Crippen LogP contribution in [0.15, 0.2) is 6.20 Å². The van der Waals surface area contributed by atoms with Crippen LogP contribution in [0.4, 0.5) is 0 Å². The van der Waals surface area contributed by atoms with Crippen LogP contribution in [0, 0.1) is 0 Å². The average molecular weight is 284 g/mol. The van der Waals surface area contributed by atoms with Crippen molar-refractivity contribution in [1.29, 1.82) is 0 Å². The van der Waals surface area contributed by atoms with Crippen molar-refractivity contribution in [2.24, 2.45) is 0 Å². The lowest BCUT2D eigenvalue weighted by molar-refractivity contribution is -0.141. The molecule has 0 saturated carbocycles. The van der Waals surface area contributed by atoms with Crippen molar-refractivity contribution >= 4 is 23.6 Å². The minimum atomic E-state index is -0.985. The van der Waals surface area contributed by atoms with Crippen LogP contribution in [0.2, 0.25) is 0 Å². The summed E-state index contributed by atoms with van der Waals surface area (Å²) in [6.45, 7) is 5.63. The highest BCUT2D eigenvalue weighted by Crippen LogP contribution is 2.29. The number of carbonyl (C=O) groups is 2. The second-order valence-corrected chi connectivity index (χ2v) is 5.99. The van der Waals surface area contributed by atoms with Crippen LogP contribution in [-0.4, -0.2) is 54.0 Å². The maximum absolute atomic E-state index is 12.3. The summed E-state index contributed by atoms with van der Waals surface area (Å²) in [5, 5.41) is 17.1. The third kappa shape index (κ3) is 2.58. The summed E-state index contributed by atoms with van der Waals surface area (Å²) in [6.07, 6.45) is 1.39. The first-order valence-corrected chi connectivity index (χ1v) is 7.05. The SMILES string of the molecule is CC1SCC(C(=O)O)N1C(=O)c1cnn(C(C)C)n1. The van der Waals surface area contributed by atoms with Crippen molar-refractivity contribution in [3.8, 4) is 0 Å². The Kier molecular flexibility index (Phi) is 3.79. The summed E-state index contributed by atoms with van der Waals surface area (Å²) in [6, 6.07) is -0.737. The molecule has 0 radical (unpaired) electrons. The largest absolute Gasteiger partial charge is 0.480 e. The van der Waals surface area contributed by atoms with Gasteiger partial charge in [-0.05, 0) is 20.8 Å². The van der Waals surface area contributed by atoms with E-state index >= 15 is 0 Å². The minimum Gasteiger partial charge on any atom is -0.480 e. The maximum Gasteiger partial charge on any atom is 0.327 e. The molecule has 8 heteroatoms. The Labute approximate surface area is 115 Å². The molecule has 1 aliphatic heterocycles. The number of carboxylic acids is 1. The number of aromatic nitrogens is 3. The fourth-order valence-electron chi connectivity index (χ4n) is 1.90. The maximum atomic E-state index is 12.3. The van der Waals surface area contributed by atoms with Crippen molar-refractivity contribution < 1.29 is 14.7 Å². The molecular weight excluding hydrogens is 268 g/mol. The number of carbonyl (C=O) groups excluding carboxylic acids is 1. The number of aliphatic carboxylic acids is 1. The second-order valence-electron chi connectivity index (χ2n) is 4.64. The number of thioether (sulfide) groups is 1. The van der Waals surface area contributed by atoms with Crippen LogP contribution in [0.1, 0.15) is 37.3 Å². The van der Waals surface area contributed by atoms with Crippen molar-refractivity contribution in [3.05, 3.63) is 11.9 Å². The summed E-state index contributed by atoms with van der Waals surface area (Å²) in [7, 11) is 0. The molecule has 0 aliphatic carbocycles.